The summed E-state index contributed by atoms with van der Waals surface area (Å²) in [4.78, 5) is 18.0. The summed E-state index contributed by atoms with van der Waals surface area (Å²) in [6.45, 7) is 4.09. The van der Waals surface area contributed by atoms with E-state index in [9.17, 15) is 10.1 Å². The summed E-state index contributed by atoms with van der Waals surface area (Å²) in [6, 6.07) is 7.57. The molecule has 0 saturated carbocycles. The average Bonchev–Trinajstić information content (AvgIpc) is 2.38. The van der Waals surface area contributed by atoms with E-state index in [0.717, 1.165) is 17.4 Å². The first-order valence-electron chi connectivity index (χ1n) is 6.02. The Bertz CT molecular complexity index is 646. The van der Waals surface area contributed by atoms with Gasteiger partial charge in [-0.3, -0.25) is 10.1 Å². The van der Waals surface area contributed by atoms with Gasteiger partial charge in [-0.05, 0) is 29.1 Å². The molecule has 1 N–H and O–H groups in total. The highest BCUT2D eigenvalue weighted by Gasteiger charge is 2.18. The molecule has 0 aliphatic rings. The maximum absolute atomic E-state index is 11.0. The molecule has 1 aromatic carbocycles. The fraction of sp³-hybridized carbons (Fsp3) is 0.231. The topological polar surface area (TPSA) is 81.0 Å². The second-order valence-corrected chi connectivity index (χ2v) is 4.84. The second kappa shape index (κ2) is 5.83. The van der Waals surface area contributed by atoms with Gasteiger partial charge in [0, 0.05) is 5.69 Å². The van der Waals surface area contributed by atoms with Crippen LogP contribution in [-0.4, -0.2) is 14.9 Å². The van der Waals surface area contributed by atoms with E-state index in [1.54, 1.807) is 0 Å². The number of aromatic nitrogens is 2. The van der Waals surface area contributed by atoms with Crippen molar-refractivity contribution in [1.82, 2.24) is 9.97 Å². The molecule has 0 fully saturated rings. The van der Waals surface area contributed by atoms with Crippen LogP contribution >= 0.6 is 11.6 Å². The number of halogens is 1. The molecule has 2 rings (SSSR count). The van der Waals surface area contributed by atoms with Gasteiger partial charge in [0.1, 0.15) is 6.20 Å². The molecule has 0 saturated heterocycles. The summed E-state index contributed by atoms with van der Waals surface area (Å²) in [6.07, 6.45) is 1.09. The lowest BCUT2D eigenvalue weighted by molar-refractivity contribution is -0.384. The van der Waals surface area contributed by atoms with E-state index in [1.165, 1.54) is 0 Å². The van der Waals surface area contributed by atoms with Gasteiger partial charge >= 0.3 is 5.69 Å². The van der Waals surface area contributed by atoms with Crippen LogP contribution in [0.25, 0.3) is 0 Å². The number of benzene rings is 1. The van der Waals surface area contributed by atoms with Gasteiger partial charge in [0.25, 0.3) is 0 Å². The molecule has 104 valence electrons. The smallest absolute Gasteiger partial charge is 0.329 e. The van der Waals surface area contributed by atoms with Gasteiger partial charge in [0.2, 0.25) is 11.1 Å². The number of nitro groups is 1. The fourth-order valence-corrected chi connectivity index (χ4v) is 1.95. The van der Waals surface area contributed by atoms with Crippen molar-refractivity contribution in [2.24, 2.45) is 0 Å². The molecule has 0 bridgehead atoms. The minimum Gasteiger partial charge on any atom is -0.334 e. The third-order valence-electron chi connectivity index (χ3n) is 2.77. The van der Waals surface area contributed by atoms with Crippen molar-refractivity contribution in [1.29, 1.82) is 0 Å². The zero-order valence-corrected chi connectivity index (χ0v) is 11.8. The normalized spacial score (nSPS) is 10.6. The molecule has 0 radical (unpaired) electrons. The number of nitrogens with zero attached hydrogens (tertiary/aromatic N) is 3. The Hall–Kier alpha value is -2.21. The van der Waals surface area contributed by atoms with E-state index in [1.807, 2.05) is 38.1 Å². The predicted molar refractivity (Wildman–Crippen MR) is 77.5 cm³/mol. The van der Waals surface area contributed by atoms with Gasteiger partial charge in [0.05, 0.1) is 4.92 Å². The minimum absolute atomic E-state index is 0.0415. The number of hydrogen-bond donors (Lipinski definition) is 1. The van der Waals surface area contributed by atoms with Crippen LogP contribution in [0.15, 0.2) is 30.5 Å². The number of rotatable bonds is 4. The van der Waals surface area contributed by atoms with Gasteiger partial charge < -0.3 is 5.32 Å². The number of hydrogen-bond acceptors (Lipinski definition) is 5. The Morgan fingerprint density at radius 1 is 1.35 bits per heavy atom. The lowest BCUT2D eigenvalue weighted by atomic mass is 10.0. The first-order chi connectivity index (χ1) is 9.49. The minimum atomic E-state index is -0.545. The van der Waals surface area contributed by atoms with E-state index in [-0.39, 0.29) is 22.7 Å². The van der Waals surface area contributed by atoms with Crippen LogP contribution in [0, 0.1) is 10.1 Å². The van der Waals surface area contributed by atoms with Crippen LogP contribution in [0.4, 0.5) is 17.2 Å². The average molecular weight is 293 g/mol. The van der Waals surface area contributed by atoms with Gasteiger partial charge in [-0.15, -0.1) is 0 Å². The van der Waals surface area contributed by atoms with Crippen molar-refractivity contribution in [3.8, 4) is 0 Å². The molecule has 0 atom stereocenters. The SMILES string of the molecule is CC(C)c1ccccc1Nc1nc(Cl)ncc1[N+](=O)[O-]. The summed E-state index contributed by atoms with van der Waals surface area (Å²) in [5.41, 5.74) is 1.59. The number of para-hydroxylation sites is 1. The summed E-state index contributed by atoms with van der Waals surface area (Å²) >= 11 is 5.71. The molecule has 0 spiro atoms. The molecule has 20 heavy (non-hydrogen) atoms. The van der Waals surface area contributed by atoms with Crippen LogP contribution in [0.3, 0.4) is 0 Å². The first kappa shape index (κ1) is 14.2. The van der Waals surface area contributed by atoms with Gasteiger partial charge in [-0.1, -0.05) is 32.0 Å². The van der Waals surface area contributed by atoms with Crippen LogP contribution in [-0.2, 0) is 0 Å². The molecule has 0 aliphatic carbocycles. The molecule has 6 nitrogen and oxygen atoms in total. The van der Waals surface area contributed by atoms with E-state index in [4.69, 9.17) is 11.6 Å². The van der Waals surface area contributed by atoms with Gasteiger partial charge in [0.15, 0.2) is 0 Å². The lowest BCUT2D eigenvalue weighted by Crippen LogP contribution is -2.03. The highest BCUT2D eigenvalue weighted by atomic mass is 35.5. The van der Waals surface area contributed by atoms with E-state index >= 15 is 0 Å². The molecule has 2 aromatic rings. The third-order valence-corrected chi connectivity index (χ3v) is 2.95. The largest absolute Gasteiger partial charge is 0.334 e. The monoisotopic (exact) mass is 292 g/mol. The van der Waals surface area contributed by atoms with Crippen LogP contribution < -0.4 is 5.32 Å². The zero-order valence-electron chi connectivity index (χ0n) is 11.0. The summed E-state index contributed by atoms with van der Waals surface area (Å²) in [5.74, 6) is 0.359. The van der Waals surface area contributed by atoms with Crippen molar-refractivity contribution >= 4 is 28.8 Å². The Morgan fingerprint density at radius 3 is 2.70 bits per heavy atom. The highest BCUT2D eigenvalue weighted by molar-refractivity contribution is 6.28. The quantitative estimate of drug-likeness (QED) is 0.525. The standard InChI is InChI=1S/C13H13ClN4O2/c1-8(2)9-5-3-4-6-10(9)16-12-11(18(19)20)7-15-13(14)17-12/h3-8H,1-2H3,(H,15,16,17). The number of nitrogens with one attached hydrogen (secondary N) is 1. The summed E-state index contributed by atoms with van der Waals surface area (Å²) in [5, 5.41) is 13.9. The lowest BCUT2D eigenvalue weighted by Gasteiger charge is -2.13. The Balaban J connectivity index is 2.45. The summed E-state index contributed by atoms with van der Waals surface area (Å²) in [7, 11) is 0. The molecule has 1 heterocycles. The van der Waals surface area contributed by atoms with Crippen molar-refractivity contribution in [2.45, 2.75) is 19.8 Å². The van der Waals surface area contributed by atoms with E-state index < -0.39 is 4.92 Å². The molecule has 1 aromatic heterocycles. The van der Waals surface area contributed by atoms with Crippen molar-refractivity contribution in [3.63, 3.8) is 0 Å². The van der Waals surface area contributed by atoms with Crippen LogP contribution in [0.1, 0.15) is 25.3 Å². The fourth-order valence-electron chi connectivity index (χ4n) is 1.82. The molecule has 0 amide bonds. The Labute approximate surface area is 121 Å². The molecular formula is C13H13ClN4O2. The Kier molecular flexibility index (Phi) is 4.14. The second-order valence-electron chi connectivity index (χ2n) is 4.50. The molecule has 0 aliphatic heterocycles. The maximum atomic E-state index is 11.0. The third kappa shape index (κ3) is 3.03. The molecule has 0 unspecified atom stereocenters. The van der Waals surface area contributed by atoms with Crippen LogP contribution in [0.2, 0.25) is 5.28 Å². The van der Waals surface area contributed by atoms with E-state index in [0.29, 0.717) is 0 Å². The zero-order chi connectivity index (χ0) is 14.7. The maximum Gasteiger partial charge on any atom is 0.329 e. The van der Waals surface area contributed by atoms with Gasteiger partial charge in [-0.2, -0.15) is 4.98 Å². The van der Waals surface area contributed by atoms with Crippen molar-refractivity contribution in [3.05, 3.63) is 51.4 Å². The first-order valence-corrected chi connectivity index (χ1v) is 6.39. The van der Waals surface area contributed by atoms with Crippen molar-refractivity contribution < 1.29 is 4.92 Å². The number of anilines is 2. The summed E-state index contributed by atoms with van der Waals surface area (Å²) < 4.78 is 0. The highest BCUT2D eigenvalue weighted by Crippen LogP contribution is 2.30. The molecule has 7 heteroatoms. The van der Waals surface area contributed by atoms with Gasteiger partial charge in [-0.25, -0.2) is 4.98 Å². The van der Waals surface area contributed by atoms with Crippen molar-refractivity contribution in [2.75, 3.05) is 5.32 Å². The van der Waals surface area contributed by atoms with Crippen LogP contribution in [0.5, 0.6) is 0 Å². The van der Waals surface area contributed by atoms with E-state index in [2.05, 4.69) is 15.3 Å². The Morgan fingerprint density at radius 2 is 2.05 bits per heavy atom. The molecular weight excluding hydrogens is 280 g/mol. The predicted octanol–water partition coefficient (Wildman–Crippen LogP) is 3.91.